The minimum atomic E-state index is -0.129. The van der Waals surface area contributed by atoms with Gasteiger partial charge in [0, 0.05) is 30.5 Å². The van der Waals surface area contributed by atoms with Crippen molar-refractivity contribution < 1.29 is 9.53 Å². The molecule has 5 nitrogen and oxygen atoms in total. The Bertz CT molecular complexity index is 673. The Hall–Kier alpha value is -2.11. The Morgan fingerprint density at radius 2 is 2.17 bits per heavy atom. The highest BCUT2D eigenvalue weighted by Crippen LogP contribution is 2.29. The van der Waals surface area contributed by atoms with Crippen LogP contribution in [0, 0.1) is 0 Å². The van der Waals surface area contributed by atoms with E-state index in [2.05, 4.69) is 15.6 Å². The zero-order chi connectivity index (χ0) is 16.1. The number of halogens is 1. The van der Waals surface area contributed by atoms with Gasteiger partial charge in [0.2, 0.25) is 0 Å². The molecule has 1 amide bonds. The van der Waals surface area contributed by atoms with Crippen LogP contribution in [0.3, 0.4) is 0 Å². The number of carbonyl (C=O) groups is 1. The van der Waals surface area contributed by atoms with Gasteiger partial charge in [-0.1, -0.05) is 11.6 Å². The van der Waals surface area contributed by atoms with Crippen molar-refractivity contribution in [1.29, 1.82) is 0 Å². The minimum Gasteiger partial charge on any atom is -0.456 e. The predicted octanol–water partition coefficient (Wildman–Crippen LogP) is 3.01. The highest BCUT2D eigenvalue weighted by atomic mass is 35.5. The van der Waals surface area contributed by atoms with Crippen LogP contribution in [0.15, 0.2) is 42.7 Å². The number of amides is 1. The number of aromatic nitrogens is 1. The SMILES string of the molecule is O=C(NCC1CCCN1)c1ccc(Oc2ccncc2)c(Cl)c1. The number of carbonyl (C=O) groups excluding carboxylic acids is 1. The smallest absolute Gasteiger partial charge is 0.251 e. The van der Waals surface area contributed by atoms with Crippen LogP contribution in [-0.4, -0.2) is 30.0 Å². The zero-order valence-electron chi connectivity index (χ0n) is 12.6. The van der Waals surface area contributed by atoms with Crippen LogP contribution >= 0.6 is 11.6 Å². The molecule has 1 aromatic heterocycles. The van der Waals surface area contributed by atoms with Crippen molar-refractivity contribution in [3.05, 3.63) is 53.3 Å². The van der Waals surface area contributed by atoms with Crippen molar-refractivity contribution in [2.75, 3.05) is 13.1 Å². The molecule has 1 atom stereocenters. The Morgan fingerprint density at radius 3 is 2.87 bits per heavy atom. The topological polar surface area (TPSA) is 63.2 Å². The Morgan fingerprint density at radius 1 is 1.35 bits per heavy atom. The second-order valence-electron chi connectivity index (χ2n) is 5.43. The second kappa shape index (κ2) is 7.44. The Labute approximate surface area is 140 Å². The van der Waals surface area contributed by atoms with Gasteiger partial charge in [0.1, 0.15) is 11.5 Å². The van der Waals surface area contributed by atoms with Crippen molar-refractivity contribution >= 4 is 17.5 Å². The van der Waals surface area contributed by atoms with E-state index in [0.717, 1.165) is 19.4 Å². The largest absolute Gasteiger partial charge is 0.456 e. The number of pyridine rings is 1. The molecule has 1 fully saturated rings. The van der Waals surface area contributed by atoms with Gasteiger partial charge < -0.3 is 15.4 Å². The van der Waals surface area contributed by atoms with Crippen LogP contribution in [0.1, 0.15) is 23.2 Å². The number of benzene rings is 1. The van der Waals surface area contributed by atoms with Crippen molar-refractivity contribution in [1.82, 2.24) is 15.6 Å². The molecule has 0 bridgehead atoms. The van der Waals surface area contributed by atoms with Gasteiger partial charge in [0.15, 0.2) is 0 Å². The average molecular weight is 332 g/mol. The van der Waals surface area contributed by atoms with Gasteiger partial charge >= 0.3 is 0 Å². The van der Waals surface area contributed by atoms with E-state index < -0.39 is 0 Å². The molecule has 6 heteroatoms. The van der Waals surface area contributed by atoms with Gasteiger partial charge in [-0.15, -0.1) is 0 Å². The number of nitrogens with zero attached hydrogens (tertiary/aromatic N) is 1. The number of hydrogen-bond donors (Lipinski definition) is 2. The highest BCUT2D eigenvalue weighted by molar-refractivity contribution is 6.32. The molecule has 1 unspecified atom stereocenters. The summed E-state index contributed by atoms with van der Waals surface area (Å²) in [5, 5.41) is 6.67. The zero-order valence-corrected chi connectivity index (χ0v) is 13.3. The fourth-order valence-corrected chi connectivity index (χ4v) is 2.73. The van der Waals surface area contributed by atoms with Crippen LogP contribution in [0.5, 0.6) is 11.5 Å². The summed E-state index contributed by atoms with van der Waals surface area (Å²) in [4.78, 5) is 16.1. The molecule has 23 heavy (non-hydrogen) atoms. The van der Waals surface area contributed by atoms with Crippen molar-refractivity contribution in [3.63, 3.8) is 0 Å². The molecule has 1 aromatic carbocycles. The maximum atomic E-state index is 12.2. The molecule has 3 rings (SSSR count). The third-order valence-corrected chi connectivity index (χ3v) is 4.04. The summed E-state index contributed by atoms with van der Waals surface area (Å²) in [6.07, 6.45) is 5.54. The fraction of sp³-hybridized carbons (Fsp3) is 0.294. The molecule has 1 aliphatic heterocycles. The van der Waals surface area contributed by atoms with Crippen LogP contribution in [0.2, 0.25) is 5.02 Å². The third kappa shape index (κ3) is 4.21. The molecule has 120 valence electrons. The highest BCUT2D eigenvalue weighted by Gasteiger charge is 2.16. The molecule has 1 saturated heterocycles. The first-order valence-electron chi connectivity index (χ1n) is 7.61. The van der Waals surface area contributed by atoms with Gasteiger partial charge in [0.25, 0.3) is 5.91 Å². The number of ether oxygens (including phenoxy) is 1. The van der Waals surface area contributed by atoms with E-state index in [4.69, 9.17) is 16.3 Å². The number of hydrogen-bond acceptors (Lipinski definition) is 4. The second-order valence-corrected chi connectivity index (χ2v) is 5.84. The summed E-state index contributed by atoms with van der Waals surface area (Å²) in [5.74, 6) is 1.02. The van der Waals surface area contributed by atoms with Crippen molar-refractivity contribution in [2.24, 2.45) is 0 Å². The lowest BCUT2D eigenvalue weighted by Gasteiger charge is -2.12. The van der Waals surface area contributed by atoms with Crippen molar-refractivity contribution in [2.45, 2.75) is 18.9 Å². The van der Waals surface area contributed by atoms with E-state index in [9.17, 15) is 4.79 Å². The maximum absolute atomic E-state index is 12.2. The summed E-state index contributed by atoms with van der Waals surface area (Å²) in [6, 6.07) is 8.88. The predicted molar refractivity (Wildman–Crippen MR) is 89.1 cm³/mol. The summed E-state index contributed by atoms with van der Waals surface area (Å²) >= 11 is 6.22. The van der Waals surface area contributed by atoms with Gasteiger partial charge in [-0.3, -0.25) is 9.78 Å². The van der Waals surface area contributed by atoms with E-state index in [1.807, 2.05) is 0 Å². The summed E-state index contributed by atoms with van der Waals surface area (Å²) in [6.45, 7) is 1.65. The summed E-state index contributed by atoms with van der Waals surface area (Å²) in [7, 11) is 0. The van der Waals surface area contributed by atoms with Gasteiger partial charge in [-0.2, -0.15) is 0 Å². The molecular formula is C17H18ClN3O2. The van der Waals surface area contributed by atoms with E-state index >= 15 is 0 Å². The Kier molecular flexibility index (Phi) is 5.10. The van der Waals surface area contributed by atoms with Crippen LogP contribution in [-0.2, 0) is 0 Å². The standard InChI is InChI=1S/C17H18ClN3O2/c18-15-10-12(17(22)21-11-13-2-1-7-20-13)3-4-16(15)23-14-5-8-19-9-6-14/h3-6,8-10,13,20H,1-2,7,11H2,(H,21,22). The lowest BCUT2D eigenvalue weighted by molar-refractivity contribution is 0.0950. The summed E-state index contributed by atoms with van der Waals surface area (Å²) in [5.41, 5.74) is 0.523. The lowest BCUT2D eigenvalue weighted by Crippen LogP contribution is -2.37. The number of nitrogens with one attached hydrogen (secondary N) is 2. The van der Waals surface area contributed by atoms with Gasteiger partial charge in [-0.05, 0) is 49.7 Å². The molecule has 0 spiro atoms. The summed E-state index contributed by atoms with van der Waals surface area (Å²) < 4.78 is 5.67. The van der Waals surface area contributed by atoms with E-state index in [-0.39, 0.29) is 5.91 Å². The van der Waals surface area contributed by atoms with Crippen LogP contribution in [0.25, 0.3) is 0 Å². The van der Waals surface area contributed by atoms with Gasteiger partial charge in [0.05, 0.1) is 5.02 Å². The molecule has 2 heterocycles. The molecule has 2 aromatic rings. The normalized spacial score (nSPS) is 17.0. The first-order chi connectivity index (χ1) is 11.2. The molecular weight excluding hydrogens is 314 g/mol. The quantitative estimate of drug-likeness (QED) is 0.884. The average Bonchev–Trinajstić information content (AvgIpc) is 3.09. The van der Waals surface area contributed by atoms with Crippen LogP contribution in [0.4, 0.5) is 0 Å². The molecule has 0 radical (unpaired) electrons. The van der Waals surface area contributed by atoms with Crippen LogP contribution < -0.4 is 15.4 Å². The molecule has 0 saturated carbocycles. The van der Waals surface area contributed by atoms with E-state index in [1.165, 1.54) is 0 Å². The fourth-order valence-electron chi connectivity index (χ4n) is 2.51. The first-order valence-corrected chi connectivity index (χ1v) is 7.99. The third-order valence-electron chi connectivity index (χ3n) is 3.74. The Balaban J connectivity index is 1.62. The maximum Gasteiger partial charge on any atom is 0.251 e. The van der Waals surface area contributed by atoms with Crippen molar-refractivity contribution in [3.8, 4) is 11.5 Å². The molecule has 2 N–H and O–H groups in total. The monoisotopic (exact) mass is 331 g/mol. The minimum absolute atomic E-state index is 0.129. The van der Waals surface area contributed by atoms with E-state index in [0.29, 0.717) is 34.7 Å². The van der Waals surface area contributed by atoms with Gasteiger partial charge in [-0.25, -0.2) is 0 Å². The first kappa shape index (κ1) is 15.8. The van der Waals surface area contributed by atoms with E-state index in [1.54, 1.807) is 42.7 Å². The molecule has 1 aliphatic rings. The lowest BCUT2D eigenvalue weighted by atomic mass is 10.2. The number of rotatable bonds is 5. The molecule has 0 aliphatic carbocycles.